The van der Waals surface area contributed by atoms with Crippen molar-refractivity contribution in [2.24, 2.45) is 0 Å². The van der Waals surface area contributed by atoms with Crippen molar-refractivity contribution in [1.82, 2.24) is 0 Å². The van der Waals surface area contributed by atoms with Gasteiger partial charge in [-0.15, -0.1) is 0 Å². The lowest BCUT2D eigenvalue weighted by Crippen LogP contribution is -2.40. The first-order valence-electron chi connectivity index (χ1n) is 8.43. The van der Waals surface area contributed by atoms with Gasteiger partial charge in [0.1, 0.15) is 18.1 Å². The summed E-state index contributed by atoms with van der Waals surface area (Å²) in [5.41, 5.74) is 0.227. The van der Waals surface area contributed by atoms with Gasteiger partial charge in [-0.05, 0) is 18.2 Å². The normalized spacial score (nSPS) is 12.5. The third-order valence-electron chi connectivity index (χ3n) is 3.72. The van der Waals surface area contributed by atoms with Crippen molar-refractivity contribution in [3.63, 3.8) is 0 Å². The largest absolute Gasteiger partial charge is 0.507 e. The lowest BCUT2D eigenvalue weighted by Gasteiger charge is -2.19. The molecule has 0 heterocycles. The Kier molecular flexibility index (Phi) is 7.75. The molecular formula is C20H14ClF5O5. The van der Waals surface area contributed by atoms with Crippen molar-refractivity contribution in [1.29, 1.82) is 0 Å². The Labute approximate surface area is 177 Å². The molecule has 0 saturated heterocycles. The number of hydrogen-bond acceptors (Lipinski definition) is 5. The molecule has 0 saturated carbocycles. The van der Waals surface area contributed by atoms with Crippen LogP contribution in [0.3, 0.4) is 0 Å². The zero-order chi connectivity index (χ0) is 23.2. The summed E-state index contributed by atoms with van der Waals surface area (Å²) >= 11 is 5.83. The van der Waals surface area contributed by atoms with E-state index in [-0.39, 0.29) is 21.9 Å². The lowest BCUT2D eigenvalue weighted by atomic mass is 10.1. The third-order valence-corrected chi connectivity index (χ3v) is 4.09. The van der Waals surface area contributed by atoms with Crippen molar-refractivity contribution < 1.29 is 46.1 Å². The van der Waals surface area contributed by atoms with Crippen LogP contribution < -0.4 is 4.74 Å². The van der Waals surface area contributed by atoms with Gasteiger partial charge < -0.3 is 14.6 Å². The Balaban J connectivity index is 2.03. The molecule has 0 aliphatic carbocycles. The standard InChI is InChI=1S/C20H14ClF5O5/c21-15-7-6-14(8-13(15)10-30-11-19(22,23)20(24,25)26)31-18(29)17(28)9-16(27)12-4-2-1-3-5-12/h1-9,27H,10-11H2/b16-9-. The number of hydrogen-bond donors (Lipinski definition) is 1. The summed E-state index contributed by atoms with van der Waals surface area (Å²) in [6.07, 6.45) is -5.12. The number of carbonyl (C=O) groups excluding carboxylic acids is 2. The van der Waals surface area contributed by atoms with Crippen molar-refractivity contribution >= 4 is 29.1 Å². The monoisotopic (exact) mass is 464 g/mol. The molecule has 166 valence electrons. The van der Waals surface area contributed by atoms with Crippen LogP contribution in [0.4, 0.5) is 22.0 Å². The molecule has 2 aromatic carbocycles. The van der Waals surface area contributed by atoms with Gasteiger partial charge >= 0.3 is 18.1 Å². The van der Waals surface area contributed by atoms with E-state index in [9.17, 15) is 36.6 Å². The number of rotatable bonds is 8. The summed E-state index contributed by atoms with van der Waals surface area (Å²) < 4.78 is 71.4. The van der Waals surface area contributed by atoms with Gasteiger partial charge in [-0.2, -0.15) is 22.0 Å². The van der Waals surface area contributed by atoms with Gasteiger partial charge in [-0.25, -0.2) is 4.79 Å². The number of ether oxygens (including phenoxy) is 2. The fourth-order valence-corrected chi connectivity index (χ4v) is 2.30. The highest BCUT2D eigenvalue weighted by Crippen LogP contribution is 2.35. The smallest absolute Gasteiger partial charge is 0.455 e. The Morgan fingerprint density at radius 1 is 1.03 bits per heavy atom. The Bertz CT molecular complexity index is 974. The van der Waals surface area contributed by atoms with Crippen LogP contribution in [0.15, 0.2) is 54.6 Å². The van der Waals surface area contributed by atoms with Crippen LogP contribution in [0.25, 0.3) is 5.76 Å². The molecular weight excluding hydrogens is 451 g/mol. The molecule has 0 amide bonds. The molecule has 0 atom stereocenters. The maximum Gasteiger partial charge on any atom is 0.455 e. The second-order valence-electron chi connectivity index (χ2n) is 6.10. The van der Waals surface area contributed by atoms with Gasteiger partial charge in [0.05, 0.1) is 6.61 Å². The zero-order valence-corrected chi connectivity index (χ0v) is 16.2. The average molecular weight is 465 g/mol. The van der Waals surface area contributed by atoms with Crippen molar-refractivity contribution in [2.75, 3.05) is 6.61 Å². The molecule has 1 N–H and O–H groups in total. The topological polar surface area (TPSA) is 72.8 Å². The van der Waals surface area contributed by atoms with E-state index in [0.717, 1.165) is 6.07 Å². The first-order chi connectivity index (χ1) is 14.4. The molecule has 5 nitrogen and oxygen atoms in total. The van der Waals surface area contributed by atoms with E-state index in [1.807, 2.05) is 0 Å². The summed E-state index contributed by atoms with van der Waals surface area (Å²) in [5.74, 6) is -8.34. The van der Waals surface area contributed by atoms with Crippen LogP contribution in [0.5, 0.6) is 5.75 Å². The van der Waals surface area contributed by atoms with Gasteiger partial charge in [-0.3, -0.25) is 4.79 Å². The number of carbonyl (C=O) groups is 2. The van der Waals surface area contributed by atoms with Crippen molar-refractivity contribution in [3.05, 3.63) is 70.8 Å². The summed E-state index contributed by atoms with van der Waals surface area (Å²) in [6.45, 7) is -2.67. The number of benzene rings is 2. The van der Waals surface area contributed by atoms with E-state index in [4.69, 9.17) is 16.3 Å². The number of ketones is 1. The number of halogens is 6. The quantitative estimate of drug-likeness (QED) is 0.146. The van der Waals surface area contributed by atoms with Crippen LogP contribution in [0.2, 0.25) is 5.02 Å². The summed E-state index contributed by atoms with van der Waals surface area (Å²) in [7, 11) is 0. The maximum atomic E-state index is 12.9. The molecule has 0 aliphatic rings. The number of alkyl halides is 5. The minimum absolute atomic E-state index is 0.0527. The van der Waals surface area contributed by atoms with Gasteiger partial charge in [0.25, 0.3) is 5.78 Å². The highest BCUT2D eigenvalue weighted by molar-refractivity contribution is 6.39. The van der Waals surface area contributed by atoms with E-state index in [0.29, 0.717) is 6.08 Å². The van der Waals surface area contributed by atoms with E-state index < -0.39 is 42.8 Å². The third kappa shape index (κ3) is 6.76. The van der Waals surface area contributed by atoms with E-state index in [1.165, 1.54) is 24.3 Å². The average Bonchev–Trinajstić information content (AvgIpc) is 2.69. The molecule has 0 aliphatic heterocycles. The van der Waals surface area contributed by atoms with E-state index in [2.05, 4.69) is 4.74 Å². The highest BCUT2D eigenvalue weighted by Gasteiger charge is 2.57. The predicted molar refractivity (Wildman–Crippen MR) is 99.8 cm³/mol. The van der Waals surface area contributed by atoms with Crippen LogP contribution >= 0.6 is 11.6 Å². The van der Waals surface area contributed by atoms with Gasteiger partial charge in [0.15, 0.2) is 0 Å². The number of esters is 1. The number of aliphatic hydroxyl groups is 1. The van der Waals surface area contributed by atoms with Crippen LogP contribution in [0.1, 0.15) is 11.1 Å². The summed E-state index contributed by atoms with van der Waals surface area (Å²) in [5, 5.41) is 9.81. The molecule has 2 rings (SSSR count). The SMILES string of the molecule is O=C(/C=C(\O)c1ccccc1)C(=O)Oc1ccc(Cl)c(COCC(F)(F)C(F)(F)F)c1. The maximum absolute atomic E-state index is 12.9. The Morgan fingerprint density at radius 2 is 1.68 bits per heavy atom. The molecule has 2 aromatic rings. The Morgan fingerprint density at radius 3 is 2.29 bits per heavy atom. The second kappa shape index (κ2) is 9.88. The van der Waals surface area contributed by atoms with Gasteiger partial charge in [-0.1, -0.05) is 41.9 Å². The Hall–Kier alpha value is -2.98. The van der Waals surface area contributed by atoms with Gasteiger partial charge in [0, 0.05) is 22.2 Å². The zero-order valence-electron chi connectivity index (χ0n) is 15.5. The minimum Gasteiger partial charge on any atom is -0.507 e. The molecule has 0 spiro atoms. The summed E-state index contributed by atoms with van der Waals surface area (Å²) in [4.78, 5) is 23.8. The fraction of sp³-hybridized carbons (Fsp3) is 0.200. The van der Waals surface area contributed by atoms with Crippen molar-refractivity contribution in [3.8, 4) is 5.75 Å². The first-order valence-corrected chi connectivity index (χ1v) is 8.81. The minimum atomic E-state index is -5.77. The van der Waals surface area contributed by atoms with Crippen molar-refractivity contribution in [2.45, 2.75) is 18.7 Å². The molecule has 11 heteroatoms. The van der Waals surface area contributed by atoms with Gasteiger partial charge in [0.2, 0.25) is 0 Å². The lowest BCUT2D eigenvalue weighted by molar-refractivity contribution is -0.297. The molecule has 0 fully saturated rings. The van der Waals surface area contributed by atoms with E-state index >= 15 is 0 Å². The molecule has 31 heavy (non-hydrogen) atoms. The number of aliphatic hydroxyl groups excluding tert-OH is 1. The summed E-state index contributed by atoms with van der Waals surface area (Å²) in [6, 6.07) is 11.3. The fourth-order valence-electron chi connectivity index (χ4n) is 2.13. The molecule has 0 aromatic heterocycles. The van der Waals surface area contributed by atoms with Crippen LogP contribution in [0, 0.1) is 0 Å². The molecule has 0 unspecified atom stereocenters. The predicted octanol–water partition coefficient (Wildman–Crippen LogP) is 5.13. The first kappa shape index (κ1) is 24.3. The molecule has 0 bridgehead atoms. The van der Waals surface area contributed by atoms with Crippen LogP contribution in [-0.2, 0) is 20.9 Å². The van der Waals surface area contributed by atoms with E-state index in [1.54, 1.807) is 18.2 Å². The molecule has 0 radical (unpaired) electrons. The second-order valence-corrected chi connectivity index (χ2v) is 6.50. The highest BCUT2D eigenvalue weighted by atomic mass is 35.5. The van der Waals surface area contributed by atoms with Crippen LogP contribution in [-0.4, -0.2) is 35.6 Å².